The molecule has 0 saturated carbocycles. The number of anilines is 1. The van der Waals surface area contributed by atoms with Gasteiger partial charge in [0.2, 0.25) is 0 Å². The number of hydrogen-bond donors (Lipinski definition) is 2. The van der Waals surface area contributed by atoms with Crippen LogP contribution >= 0.6 is 0 Å². The SMILES string of the molecule is CN1CCN(Cc2c[nH]c3ccc(N)cc23)CC1. The number of nitrogens with one attached hydrogen (secondary N) is 1. The average molecular weight is 244 g/mol. The van der Waals surface area contributed by atoms with Gasteiger partial charge >= 0.3 is 0 Å². The maximum absolute atomic E-state index is 5.87. The highest BCUT2D eigenvalue weighted by Gasteiger charge is 2.15. The Bertz CT molecular complexity index is 538. The molecule has 0 bridgehead atoms. The molecule has 0 amide bonds. The second-order valence-electron chi connectivity index (χ2n) is 5.20. The molecule has 0 aliphatic carbocycles. The summed E-state index contributed by atoms with van der Waals surface area (Å²) in [6.45, 7) is 5.61. The van der Waals surface area contributed by atoms with Crippen molar-refractivity contribution in [3.05, 3.63) is 30.0 Å². The highest BCUT2D eigenvalue weighted by Crippen LogP contribution is 2.22. The lowest BCUT2D eigenvalue weighted by Crippen LogP contribution is -2.43. The van der Waals surface area contributed by atoms with Crippen LogP contribution in [0.4, 0.5) is 5.69 Å². The van der Waals surface area contributed by atoms with E-state index in [0.29, 0.717) is 0 Å². The Kier molecular flexibility index (Phi) is 2.97. The number of fused-ring (bicyclic) bond motifs is 1. The predicted molar refractivity (Wildman–Crippen MR) is 75.5 cm³/mol. The number of nitrogens with two attached hydrogens (primary N) is 1. The number of nitrogens with zero attached hydrogens (tertiary/aromatic N) is 2. The van der Waals surface area contributed by atoms with Crippen LogP contribution in [0.1, 0.15) is 5.56 Å². The highest BCUT2D eigenvalue weighted by atomic mass is 15.2. The van der Waals surface area contributed by atoms with Crippen molar-refractivity contribution in [3.8, 4) is 0 Å². The molecule has 1 fully saturated rings. The second-order valence-corrected chi connectivity index (χ2v) is 5.20. The summed E-state index contributed by atoms with van der Waals surface area (Å²) in [5.74, 6) is 0. The molecule has 3 rings (SSSR count). The average Bonchev–Trinajstić information content (AvgIpc) is 2.75. The zero-order chi connectivity index (χ0) is 12.5. The number of piperazine rings is 1. The maximum Gasteiger partial charge on any atom is 0.0458 e. The molecule has 4 nitrogen and oxygen atoms in total. The predicted octanol–water partition coefficient (Wildman–Crippen LogP) is 1.50. The lowest BCUT2D eigenvalue weighted by Gasteiger charge is -2.32. The van der Waals surface area contributed by atoms with E-state index in [1.54, 1.807) is 0 Å². The van der Waals surface area contributed by atoms with Gasteiger partial charge in [0, 0.05) is 55.5 Å². The molecule has 0 unspecified atom stereocenters. The lowest BCUT2D eigenvalue weighted by atomic mass is 10.1. The van der Waals surface area contributed by atoms with E-state index in [0.717, 1.165) is 38.4 Å². The normalized spacial score (nSPS) is 18.5. The van der Waals surface area contributed by atoms with Gasteiger partial charge in [-0.15, -0.1) is 0 Å². The fourth-order valence-electron chi connectivity index (χ4n) is 2.57. The summed E-state index contributed by atoms with van der Waals surface area (Å²) in [5.41, 5.74) is 9.23. The summed E-state index contributed by atoms with van der Waals surface area (Å²) < 4.78 is 0. The van der Waals surface area contributed by atoms with Gasteiger partial charge in [-0.05, 0) is 30.8 Å². The molecule has 1 aliphatic rings. The monoisotopic (exact) mass is 244 g/mol. The van der Waals surface area contributed by atoms with Gasteiger partial charge in [-0.25, -0.2) is 0 Å². The molecule has 0 spiro atoms. The van der Waals surface area contributed by atoms with Gasteiger partial charge in [0.25, 0.3) is 0 Å². The minimum atomic E-state index is 0.835. The fourth-order valence-corrected chi connectivity index (χ4v) is 2.57. The van der Waals surface area contributed by atoms with Crippen molar-refractivity contribution >= 4 is 16.6 Å². The van der Waals surface area contributed by atoms with Crippen LogP contribution < -0.4 is 5.73 Å². The zero-order valence-corrected chi connectivity index (χ0v) is 10.8. The number of benzene rings is 1. The molecular weight excluding hydrogens is 224 g/mol. The first kappa shape index (κ1) is 11.6. The number of likely N-dealkylation sites (N-methyl/N-ethyl adjacent to an activating group) is 1. The standard InChI is InChI=1S/C14H20N4/c1-17-4-6-18(7-5-17)10-11-9-16-14-3-2-12(15)8-13(11)14/h2-3,8-9,16H,4-7,10,15H2,1H3. The van der Waals surface area contributed by atoms with E-state index in [9.17, 15) is 0 Å². The van der Waals surface area contributed by atoms with E-state index in [2.05, 4.69) is 40.2 Å². The Hall–Kier alpha value is -1.52. The van der Waals surface area contributed by atoms with E-state index < -0.39 is 0 Å². The topological polar surface area (TPSA) is 48.3 Å². The van der Waals surface area contributed by atoms with Crippen molar-refractivity contribution in [2.24, 2.45) is 0 Å². The summed E-state index contributed by atoms with van der Waals surface area (Å²) in [4.78, 5) is 8.21. The third kappa shape index (κ3) is 2.21. The Balaban J connectivity index is 1.80. The molecule has 1 aliphatic heterocycles. The van der Waals surface area contributed by atoms with Gasteiger partial charge in [0.1, 0.15) is 0 Å². The number of rotatable bonds is 2. The highest BCUT2D eigenvalue weighted by molar-refractivity contribution is 5.86. The summed E-state index contributed by atoms with van der Waals surface area (Å²) in [6, 6.07) is 6.06. The molecular formula is C14H20N4. The number of aromatic nitrogens is 1. The van der Waals surface area contributed by atoms with Crippen molar-refractivity contribution in [3.63, 3.8) is 0 Å². The van der Waals surface area contributed by atoms with Crippen LogP contribution in [0, 0.1) is 0 Å². The Morgan fingerprint density at radius 3 is 2.78 bits per heavy atom. The Morgan fingerprint density at radius 1 is 1.22 bits per heavy atom. The van der Waals surface area contributed by atoms with E-state index in [1.165, 1.54) is 16.5 Å². The Morgan fingerprint density at radius 2 is 2.00 bits per heavy atom. The van der Waals surface area contributed by atoms with E-state index >= 15 is 0 Å². The van der Waals surface area contributed by atoms with Crippen LogP contribution in [0.5, 0.6) is 0 Å². The number of H-pyrrole nitrogens is 1. The van der Waals surface area contributed by atoms with Gasteiger partial charge in [-0.3, -0.25) is 4.90 Å². The van der Waals surface area contributed by atoms with Gasteiger partial charge in [0.15, 0.2) is 0 Å². The quantitative estimate of drug-likeness (QED) is 0.787. The fraction of sp³-hybridized carbons (Fsp3) is 0.429. The van der Waals surface area contributed by atoms with Crippen LogP contribution in [0.15, 0.2) is 24.4 Å². The largest absolute Gasteiger partial charge is 0.399 e. The van der Waals surface area contributed by atoms with E-state index in [-0.39, 0.29) is 0 Å². The molecule has 3 N–H and O–H groups in total. The van der Waals surface area contributed by atoms with Crippen LogP contribution in [-0.4, -0.2) is 48.0 Å². The summed E-state index contributed by atoms with van der Waals surface area (Å²) in [7, 11) is 2.18. The van der Waals surface area contributed by atoms with Crippen molar-refractivity contribution in [2.45, 2.75) is 6.54 Å². The van der Waals surface area contributed by atoms with Crippen LogP contribution in [0.2, 0.25) is 0 Å². The molecule has 1 aromatic carbocycles. The zero-order valence-electron chi connectivity index (χ0n) is 10.8. The summed E-state index contributed by atoms with van der Waals surface area (Å²) in [5, 5.41) is 1.26. The molecule has 1 aromatic heterocycles. The van der Waals surface area contributed by atoms with Crippen LogP contribution in [0.3, 0.4) is 0 Å². The van der Waals surface area contributed by atoms with Crippen molar-refractivity contribution < 1.29 is 0 Å². The lowest BCUT2D eigenvalue weighted by molar-refractivity contribution is 0.148. The molecule has 2 heterocycles. The van der Waals surface area contributed by atoms with Crippen molar-refractivity contribution in [2.75, 3.05) is 39.0 Å². The first-order valence-corrected chi connectivity index (χ1v) is 6.49. The number of aromatic amines is 1. The summed E-state index contributed by atoms with van der Waals surface area (Å²) >= 11 is 0. The molecule has 96 valence electrons. The minimum absolute atomic E-state index is 0.835. The maximum atomic E-state index is 5.87. The molecule has 2 aromatic rings. The first-order chi connectivity index (χ1) is 8.72. The van der Waals surface area contributed by atoms with Gasteiger partial charge < -0.3 is 15.6 Å². The van der Waals surface area contributed by atoms with Crippen molar-refractivity contribution in [1.29, 1.82) is 0 Å². The summed E-state index contributed by atoms with van der Waals surface area (Å²) in [6.07, 6.45) is 2.11. The van der Waals surface area contributed by atoms with Crippen LogP contribution in [-0.2, 0) is 6.54 Å². The Labute approximate surface area is 107 Å². The third-order valence-electron chi connectivity index (χ3n) is 3.78. The van der Waals surface area contributed by atoms with Gasteiger partial charge in [0.05, 0.1) is 0 Å². The van der Waals surface area contributed by atoms with Gasteiger partial charge in [-0.1, -0.05) is 0 Å². The molecule has 0 atom stereocenters. The van der Waals surface area contributed by atoms with E-state index in [1.807, 2.05) is 6.07 Å². The second kappa shape index (κ2) is 4.63. The number of nitrogen functional groups attached to an aromatic ring is 1. The van der Waals surface area contributed by atoms with Gasteiger partial charge in [-0.2, -0.15) is 0 Å². The molecule has 1 saturated heterocycles. The minimum Gasteiger partial charge on any atom is -0.399 e. The first-order valence-electron chi connectivity index (χ1n) is 6.49. The molecule has 18 heavy (non-hydrogen) atoms. The number of hydrogen-bond acceptors (Lipinski definition) is 3. The van der Waals surface area contributed by atoms with E-state index in [4.69, 9.17) is 5.73 Å². The van der Waals surface area contributed by atoms with Crippen molar-refractivity contribution in [1.82, 2.24) is 14.8 Å². The smallest absolute Gasteiger partial charge is 0.0458 e. The van der Waals surface area contributed by atoms with Crippen LogP contribution in [0.25, 0.3) is 10.9 Å². The molecule has 0 radical (unpaired) electrons. The molecule has 4 heteroatoms. The third-order valence-corrected chi connectivity index (χ3v) is 3.78.